The van der Waals surface area contributed by atoms with E-state index in [4.69, 9.17) is 5.73 Å². The molecular formula is C15H18N4O. The van der Waals surface area contributed by atoms with Gasteiger partial charge in [-0.05, 0) is 13.3 Å². The van der Waals surface area contributed by atoms with Crippen LogP contribution in [0.2, 0.25) is 0 Å². The molecule has 0 fully saturated rings. The van der Waals surface area contributed by atoms with Crippen LogP contribution in [0.4, 0.5) is 5.69 Å². The molecule has 5 heteroatoms. The minimum atomic E-state index is -0.0710. The SMILES string of the molecule is CC(N)CCC(=O)Nc1cnc(-c2ccccc2)nc1. The highest BCUT2D eigenvalue weighted by Crippen LogP contribution is 2.14. The topological polar surface area (TPSA) is 80.9 Å². The molecule has 0 saturated carbocycles. The fourth-order valence-corrected chi connectivity index (χ4v) is 1.71. The van der Waals surface area contributed by atoms with Gasteiger partial charge in [0.15, 0.2) is 5.82 Å². The molecule has 2 aromatic rings. The van der Waals surface area contributed by atoms with Crippen molar-refractivity contribution in [1.29, 1.82) is 0 Å². The Hall–Kier alpha value is -2.27. The molecular weight excluding hydrogens is 252 g/mol. The second kappa shape index (κ2) is 6.77. The molecule has 1 amide bonds. The van der Waals surface area contributed by atoms with Crippen LogP contribution in [0.15, 0.2) is 42.7 Å². The highest BCUT2D eigenvalue weighted by Gasteiger charge is 2.05. The van der Waals surface area contributed by atoms with Crippen molar-refractivity contribution in [3.63, 3.8) is 0 Å². The Morgan fingerprint density at radius 3 is 2.50 bits per heavy atom. The van der Waals surface area contributed by atoms with E-state index in [0.29, 0.717) is 24.4 Å². The maximum atomic E-state index is 11.6. The first-order valence-corrected chi connectivity index (χ1v) is 6.58. The predicted octanol–water partition coefficient (Wildman–Crippen LogP) is 2.21. The zero-order chi connectivity index (χ0) is 14.4. The van der Waals surface area contributed by atoms with Gasteiger partial charge in [-0.1, -0.05) is 30.3 Å². The van der Waals surface area contributed by atoms with Crippen LogP contribution in [0.3, 0.4) is 0 Å². The Kier molecular flexibility index (Phi) is 4.79. The first-order chi connectivity index (χ1) is 9.65. The number of carbonyl (C=O) groups is 1. The Morgan fingerprint density at radius 2 is 1.90 bits per heavy atom. The van der Waals surface area contributed by atoms with Gasteiger partial charge < -0.3 is 11.1 Å². The van der Waals surface area contributed by atoms with Crippen molar-refractivity contribution in [3.8, 4) is 11.4 Å². The van der Waals surface area contributed by atoms with Gasteiger partial charge in [-0.15, -0.1) is 0 Å². The molecule has 104 valence electrons. The van der Waals surface area contributed by atoms with Gasteiger partial charge in [0.25, 0.3) is 0 Å². The van der Waals surface area contributed by atoms with Crippen LogP contribution in [0.5, 0.6) is 0 Å². The highest BCUT2D eigenvalue weighted by molar-refractivity contribution is 5.90. The van der Waals surface area contributed by atoms with Crippen molar-refractivity contribution in [3.05, 3.63) is 42.7 Å². The van der Waals surface area contributed by atoms with E-state index in [-0.39, 0.29) is 11.9 Å². The Morgan fingerprint density at radius 1 is 1.25 bits per heavy atom. The number of aromatic nitrogens is 2. The Bertz CT molecular complexity index is 552. The van der Waals surface area contributed by atoms with Gasteiger partial charge in [-0.2, -0.15) is 0 Å². The molecule has 2 rings (SSSR count). The number of nitrogens with two attached hydrogens (primary N) is 1. The second-order valence-corrected chi connectivity index (χ2v) is 4.73. The summed E-state index contributed by atoms with van der Waals surface area (Å²) in [6.07, 6.45) is 4.28. The maximum Gasteiger partial charge on any atom is 0.224 e. The predicted molar refractivity (Wildman–Crippen MR) is 79.0 cm³/mol. The van der Waals surface area contributed by atoms with E-state index >= 15 is 0 Å². The third-order valence-electron chi connectivity index (χ3n) is 2.79. The molecule has 5 nitrogen and oxygen atoms in total. The van der Waals surface area contributed by atoms with E-state index in [1.54, 1.807) is 12.4 Å². The van der Waals surface area contributed by atoms with Gasteiger partial charge in [0.2, 0.25) is 5.91 Å². The summed E-state index contributed by atoms with van der Waals surface area (Å²) >= 11 is 0. The van der Waals surface area contributed by atoms with E-state index in [1.807, 2.05) is 37.3 Å². The fraction of sp³-hybridized carbons (Fsp3) is 0.267. The monoisotopic (exact) mass is 270 g/mol. The minimum absolute atomic E-state index is 0.0254. The molecule has 0 spiro atoms. The van der Waals surface area contributed by atoms with Crippen LogP contribution in [-0.4, -0.2) is 21.9 Å². The van der Waals surface area contributed by atoms with E-state index in [1.165, 1.54) is 0 Å². The number of benzene rings is 1. The molecule has 0 aliphatic heterocycles. The van der Waals surface area contributed by atoms with Gasteiger partial charge in [0.05, 0.1) is 18.1 Å². The van der Waals surface area contributed by atoms with Crippen LogP contribution in [0.1, 0.15) is 19.8 Å². The standard InChI is InChI=1S/C15H18N4O/c1-11(16)7-8-14(20)19-13-9-17-15(18-10-13)12-5-3-2-4-6-12/h2-6,9-11H,7-8,16H2,1H3,(H,19,20). The van der Waals surface area contributed by atoms with Crippen molar-refractivity contribution >= 4 is 11.6 Å². The average molecular weight is 270 g/mol. The molecule has 1 heterocycles. The molecule has 1 unspecified atom stereocenters. The number of amides is 1. The smallest absolute Gasteiger partial charge is 0.224 e. The van der Waals surface area contributed by atoms with E-state index in [2.05, 4.69) is 15.3 Å². The van der Waals surface area contributed by atoms with Crippen molar-refractivity contribution in [2.45, 2.75) is 25.8 Å². The Balaban J connectivity index is 1.97. The third-order valence-corrected chi connectivity index (χ3v) is 2.79. The summed E-state index contributed by atoms with van der Waals surface area (Å²) in [4.78, 5) is 20.1. The average Bonchev–Trinajstić information content (AvgIpc) is 2.47. The first kappa shape index (κ1) is 14.1. The largest absolute Gasteiger partial charge is 0.328 e. The number of anilines is 1. The number of hydrogen-bond donors (Lipinski definition) is 2. The van der Waals surface area contributed by atoms with Crippen molar-refractivity contribution in [2.24, 2.45) is 5.73 Å². The van der Waals surface area contributed by atoms with E-state index in [9.17, 15) is 4.79 Å². The summed E-state index contributed by atoms with van der Waals surface area (Å²) in [7, 11) is 0. The molecule has 3 N–H and O–H groups in total. The summed E-state index contributed by atoms with van der Waals surface area (Å²) in [5.74, 6) is 0.567. The lowest BCUT2D eigenvalue weighted by Crippen LogP contribution is -2.19. The number of rotatable bonds is 5. The molecule has 1 aromatic carbocycles. The van der Waals surface area contributed by atoms with Gasteiger partial charge in [0, 0.05) is 18.0 Å². The molecule has 1 aromatic heterocycles. The van der Waals surface area contributed by atoms with Crippen molar-refractivity contribution in [2.75, 3.05) is 5.32 Å². The molecule has 1 atom stereocenters. The van der Waals surface area contributed by atoms with Gasteiger partial charge in [-0.3, -0.25) is 4.79 Å². The zero-order valence-electron chi connectivity index (χ0n) is 11.4. The summed E-state index contributed by atoms with van der Waals surface area (Å²) in [6.45, 7) is 1.88. The first-order valence-electron chi connectivity index (χ1n) is 6.58. The van der Waals surface area contributed by atoms with Gasteiger partial charge >= 0.3 is 0 Å². The molecule has 0 saturated heterocycles. The number of hydrogen-bond acceptors (Lipinski definition) is 4. The van der Waals surface area contributed by atoms with Gasteiger partial charge in [0.1, 0.15) is 0 Å². The van der Waals surface area contributed by atoms with Crippen LogP contribution in [-0.2, 0) is 4.79 Å². The van der Waals surface area contributed by atoms with E-state index < -0.39 is 0 Å². The molecule has 0 bridgehead atoms. The van der Waals surface area contributed by atoms with E-state index in [0.717, 1.165) is 5.56 Å². The van der Waals surface area contributed by atoms with Crippen molar-refractivity contribution in [1.82, 2.24) is 9.97 Å². The van der Waals surface area contributed by atoms with Crippen molar-refractivity contribution < 1.29 is 4.79 Å². The van der Waals surface area contributed by atoms with Crippen LogP contribution < -0.4 is 11.1 Å². The normalized spacial score (nSPS) is 11.9. The highest BCUT2D eigenvalue weighted by atomic mass is 16.1. The van der Waals surface area contributed by atoms with Crippen LogP contribution in [0.25, 0.3) is 11.4 Å². The zero-order valence-corrected chi connectivity index (χ0v) is 11.4. The van der Waals surface area contributed by atoms with Gasteiger partial charge in [-0.25, -0.2) is 9.97 Å². The lowest BCUT2D eigenvalue weighted by Gasteiger charge is -2.07. The minimum Gasteiger partial charge on any atom is -0.328 e. The summed E-state index contributed by atoms with van der Waals surface area (Å²) in [5, 5.41) is 2.76. The number of carbonyl (C=O) groups excluding carboxylic acids is 1. The maximum absolute atomic E-state index is 11.6. The summed E-state index contributed by atoms with van der Waals surface area (Å²) < 4.78 is 0. The number of nitrogens with one attached hydrogen (secondary N) is 1. The fourth-order valence-electron chi connectivity index (χ4n) is 1.71. The van der Waals surface area contributed by atoms with Crippen LogP contribution in [0, 0.1) is 0 Å². The summed E-state index contributed by atoms with van der Waals surface area (Å²) in [5.41, 5.74) is 7.16. The quantitative estimate of drug-likeness (QED) is 0.872. The third kappa shape index (κ3) is 4.13. The molecule has 0 radical (unpaired) electrons. The number of nitrogens with zero attached hydrogens (tertiary/aromatic N) is 2. The summed E-state index contributed by atoms with van der Waals surface area (Å²) in [6, 6.07) is 9.71. The second-order valence-electron chi connectivity index (χ2n) is 4.73. The lowest BCUT2D eigenvalue weighted by atomic mass is 10.2. The Labute approximate surface area is 118 Å². The molecule has 0 aliphatic rings. The van der Waals surface area contributed by atoms with Crippen LogP contribution >= 0.6 is 0 Å². The molecule has 20 heavy (non-hydrogen) atoms. The molecule has 0 aliphatic carbocycles. The lowest BCUT2D eigenvalue weighted by molar-refractivity contribution is -0.116.